The van der Waals surface area contributed by atoms with Crippen LogP contribution in [0.5, 0.6) is 0 Å². The molecule has 2 rings (SSSR count). The van der Waals surface area contributed by atoms with Gasteiger partial charge in [-0.1, -0.05) is 0 Å². The predicted octanol–water partition coefficient (Wildman–Crippen LogP) is 2.21. The van der Waals surface area contributed by atoms with Gasteiger partial charge in [0, 0.05) is 37.0 Å². The summed E-state index contributed by atoms with van der Waals surface area (Å²) in [5, 5.41) is 8.21. The first-order valence-electron chi connectivity index (χ1n) is 6.98. The fraction of sp³-hybridized carbons (Fsp3) is 0.786. The van der Waals surface area contributed by atoms with Crippen molar-refractivity contribution < 1.29 is 4.74 Å². The molecule has 0 bridgehead atoms. The van der Waals surface area contributed by atoms with E-state index in [-0.39, 0.29) is 0 Å². The molecule has 0 spiro atoms. The second-order valence-corrected chi connectivity index (χ2v) is 5.26. The Labute approximate surface area is 110 Å². The van der Waals surface area contributed by atoms with E-state index in [1.165, 1.54) is 17.7 Å². The Morgan fingerprint density at radius 3 is 2.83 bits per heavy atom. The molecule has 4 nitrogen and oxygen atoms in total. The summed E-state index contributed by atoms with van der Waals surface area (Å²) < 4.78 is 7.49. The standard InChI is InChI=1S/C14H25N3O/c1-5-17-12(4)14(11(3)16-17)10(2)15-8-13-6-7-18-9-13/h10,13,15H,5-9H2,1-4H3. The van der Waals surface area contributed by atoms with E-state index in [4.69, 9.17) is 4.74 Å². The molecule has 102 valence electrons. The molecule has 1 aliphatic rings. The number of nitrogens with one attached hydrogen (secondary N) is 1. The lowest BCUT2D eigenvalue weighted by Gasteiger charge is -2.17. The molecule has 1 aromatic rings. The van der Waals surface area contributed by atoms with Crippen LogP contribution in [-0.2, 0) is 11.3 Å². The van der Waals surface area contributed by atoms with E-state index in [9.17, 15) is 0 Å². The molecule has 0 aliphatic carbocycles. The van der Waals surface area contributed by atoms with E-state index in [1.807, 2.05) is 0 Å². The average Bonchev–Trinajstić information content (AvgIpc) is 2.94. The minimum Gasteiger partial charge on any atom is -0.381 e. The molecular weight excluding hydrogens is 226 g/mol. The molecule has 0 aromatic carbocycles. The lowest BCUT2D eigenvalue weighted by Crippen LogP contribution is -2.26. The fourth-order valence-corrected chi connectivity index (χ4v) is 2.84. The largest absolute Gasteiger partial charge is 0.381 e. The molecule has 2 atom stereocenters. The van der Waals surface area contributed by atoms with Crippen molar-refractivity contribution >= 4 is 0 Å². The molecule has 0 radical (unpaired) electrons. The van der Waals surface area contributed by atoms with Crippen molar-refractivity contribution in [2.24, 2.45) is 5.92 Å². The number of rotatable bonds is 5. The van der Waals surface area contributed by atoms with Crippen LogP contribution in [-0.4, -0.2) is 29.5 Å². The van der Waals surface area contributed by atoms with Gasteiger partial charge >= 0.3 is 0 Å². The van der Waals surface area contributed by atoms with Crippen LogP contribution in [0.3, 0.4) is 0 Å². The first-order valence-corrected chi connectivity index (χ1v) is 6.98. The number of aromatic nitrogens is 2. The zero-order valence-electron chi connectivity index (χ0n) is 12.0. The third-order valence-electron chi connectivity index (χ3n) is 3.91. The molecule has 1 saturated heterocycles. The zero-order chi connectivity index (χ0) is 13.1. The van der Waals surface area contributed by atoms with Crippen LogP contribution in [0.1, 0.15) is 43.3 Å². The third-order valence-corrected chi connectivity index (χ3v) is 3.91. The van der Waals surface area contributed by atoms with Crippen molar-refractivity contribution in [3.05, 3.63) is 17.0 Å². The summed E-state index contributed by atoms with van der Waals surface area (Å²) in [4.78, 5) is 0. The minimum absolute atomic E-state index is 0.367. The summed E-state index contributed by atoms with van der Waals surface area (Å²) in [6, 6.07) is 0.367. The lowest BCUT2D eigenvalue weighted by molar-refractivity contribution is 0.184. The van der Waals surface area contributed by atoms with Crippen molar-refractivity contribution in [1.29, 1.82) is 0 Å². The maximum Gasteiger partial charge on any atom is 0.0644 e. The quantitative estimate of drug-likeness (QED) is 0.872. The van der Waals surface area contributed by atoms with Crippen molar-refractivity contribution in [1.82, 2.24) is 15.1 Å². The molecule has 0 amide bonds. The van der Waals surface area contributed by atoms with Crippen LogP contribution in [0.25, 0.3) is 0 Å². The fourth-order valence-electron chi connectivity index (χ4n) is 2.84. The summed E-state index contributed by atoms with van der Waals surface area (Å²) >= 11 is 0. The number of hydrogen-bond donors (Lipinski definition) is 1. The molecule has 0 saturated carbocycles. The Balaban J connectivity index is 1.99. The van der Waals surface area contributed by atoms with Gasteiger partial charge in [0.25, 0.3) is 0 Å². The summed E-state index contributed by atoms with van der Waals surface area (Å²) in [5.74, 6) is 0.675. The Bertz CT molecular complexity index is 394. The second-order valence-electron chi connectivity index (χ2n) is 5.26. The summed E-state index contributed by atoms with van der Waals surface area (Å²) in [6.45, 7) is 12.4. The summed E-state index contributed by atoms with van der Waals surface area (Å²) in [6.07, 6.45) is 1.19. The van der Waals surface area contributed by atoms with Gasteiger partial charge in [0.1, 0.15) is 0 Å². The van der Waals surface area contributed by atoms with Crippen LogP contribution < -0.4 is 5.32 Å². The second kappa shape index (κ2) is 5.85. The molecule has 1 aromatic heterocycles. The number of nitrogens with zero attached hydrogens (tertiary/aromatic N) is 2. The molecule has 2 heterocycles. The molecule has 18 heavy (non-hydrogen) atoms. The van der Waals surface area contributed by atoms with E-state index in [0.717, 1.165) is 32.0 Å². The first kappa shape index (κ1) is 13.6. The number of ether oxygens (including phenoxy) is 1. The van der Waals surface area contributed by atoms with Crippen LogP contribution in [0.15, 0.2) is 0 Å². The highest BCUT2D eigenvalue weighted by Crippen LogP contribution is 2.22. The Hall–Kier alpha value is -0.870. The summed E-state index contributed by atoms with van der Waals surface area (Å²) in [5.41, 5.74) is 3.80. The van der Waals surface area contributed by atoms with Crippen LogP contribution in [0, 0.1) is 19.8 Å². The molecule has 1 fully saturated rings. The Morgan fingerprint density at radius 2 is 2.28 bits per heavy atom. The number of hydrogen-bond acceptors (Lipinski definition) is 3. The molecule has 4 heteroatoms. The predicted molar refractivity (Wildman–Crippen MR) is 72.7 cm³/mol. The summed E-state index contributed by atoms with van der Waals surface area (Å²) in [7, 11) is 0. The zero-order valence-corrected chi connectivity index (χ0v) is 12.0. The smallest absolute Gasteiger partial charge is 0.0644 e. The van der Waals surface area contributed by atoms with Gasteiger partial charge in [-0.05, 0) is 40.0 Å². The van der Waals surface area contributed by atoms with Gasteiger partial charge in [0.15, 0.2) is 0 Å². The van der Waals surface area contributed by atoms with Crippen LogP contribution in [0.4, 0.5) is 0 Å². The SMILES string of the molecule is CCn1nc(C)c(C(C)NCC2CCOC2)c1C. The number of aryl methyl sites for hydroxylation is 2. The van der Waals surface area contributed by atoms with Gasteiger partial charge in [-0.3, -0.25) is 4.68 Å². The van der Waals surface area contributed by atoms with Crippen molar-refractivity contribution in [3.63, 3.8) is 0 Å². The highest BCUT2D eigenvalue weighted by Gasteiger charge is 2.20. The van der Waals surface area contributed by atoms with Crippen molar-refractivity contribution in [3.8, 4) is 0 Å². The third kappa shape index (κ3) is 2.75. The molecule has 1 aliphatic heterocycles. The van der Waals surface area contributed by atoms with E-state index < -0.39 is 0 Å². The normalized spacial score (nSPS) is 21.4. The van der Waals surface area contributed by atoms with Gasteiger partial charge < -0.3 is 10.1 Å². The monoisotopic (exact) mass is 251 g/mol. The van der Waals surface area contributed by atoms with Gasteiger partial charge in [0.05, 0.1) is 12.3 Å². The first-order chi connectivity index (χ1) is 8.63. The van der Waals surface area contributed by atoms with Crippen LogP contribution in [0.2, 0.25) is 0 Å². The van der Waals surface area contributed by atoms with Gasteiger partial charge in [-0.15, -0.1) is 0 Å². The van der Waals surface area contributed by atoms with E-state index in [1.54, 1.807) is 0 Å². The van der Waals surface area contributed by atoms with Crippen molar-refractivity contribution in [2.45, 2.75) is 46.7 Å². The van der Waals surface area contributed by atoms with Crippen LogP contribution >= 0.6 is 0 Å². The Kier molecular flexibility index (Phi) is 4.40. The van der Waals surface area contributed by atoms with Crippen molar-refractivity contribution in [2.75, 3.05) is 19.8 Å². The maximum atomic E-state index is 5.41. The molecule has 2 unspecified atom stereocenters. The van der Waals surface area contributed by atoms with E-state index >= 15 is 0 Å². The highest BCUT2D eigenvalue weighted by atomic mass is 16.5. The minimum atomic E-state index is 0.367. The average molecular weight is 251 g/mol. The van der Waals surface area contributed by atoms with Gasteiger partial charge in [-0.25, -0.2) is 0 Å². The molecule has 1 N–H and O–H groups in total. The topological polar surface area (TPSA) is 39.1 Å². The van der Waals surface area contributed by atoms with E-state index in [0.29, 0.717) is 12.0 Å². The maximum absolute atomic E-state index is 5.41. The highest BCUT2D eigenvalue weighted by molar-refractivity contribution is 5.27. The molecular formula is C14H25N3O. The lowest BCUT2D eigenvalue weighted by atomic mass is 10.0. The van der Waals surface area contributed by atoms with E-state index in [2.05, 4.69) is 42.8 Å². The van der Waals surface area contributed by atoms with Gasteiger partial charge in [-0.2, -0.15) is 5.10 Å². The van der Waals surface area contributed by atoms with Gasteiger partial charge in [0.2, 0.25) is 0 Å². The Morgan fingerprint density at radius 1 is 1.50 bits per heavy atom.